The second-order valence-corrected chi connectivity index (χ2v) is 6.24. The molecule has 1 N–H and O–H groups in total. The molecule has 1 fully saturated rings. The number of rotatable bonds is 4. The van der Waals surface area contributed by atoms with Gasteiger partial charge in [-0.25, -0.2) is 9.18 Å². The van der Waals surface area contributed by atoms with Crippen LogP contribution in [0.15, 0.2) is 41.0 Å². The molecule has 0 bridgehead atoms. The van der Waals surface area contributed by atoms with Gasteiger partial charge in [0.1, 0.15) is 0 Å². The number of benzene rings is 1. The van der Waals surface area contributed by atoms with E-state index in [2.05, 4.69) is 5.32 Å². The summed E-state index contributed by atoms with van der Waals surface area (Å²) in [7, 11) is 1.40. The van der Waals surface area contributed by atoms with Gasteiger partial charge in [0.2, 0.25) is 0 Å². The van der Waals surface area contributed by atoms with Gasteiger partial charge in [0.15, 0.2) is 17.3 Å². The quantitative estimate of drug-likeness (QED) is 0.891. The topological polar surface area (TPSA) is 75.0 Å². The molecule has 2 heterocycles. The summed E-state index contributed by atoms with van der Waals surface area (Å²) < 4.78 is 23.8. The normalized spacial score (nSPS) is 14.6. The van der Waals surface area contributed by atoms with Crippen molar-refractivity contribution in [3.8, 4) is 5.75 Å². The molecule has 3 rings (SSSR count). The van der Waals surface area contributed by atoms with E-state index in [1.165, 1.54) is 25.5 Å². The fraction of sp³-hybridized carbons (Fsp3) is 0.368. The molecular weight excluding hydrogens is 353 g/mol. The number of nitrogens with one attached hydrogen (secondary N) is 1. The number of carbonyl (C=O) groups excluding carboxylic acids is 2. The Hall–Kier alpha value is -3.03. The average Bonchev–Trinajstić information content (AvgIpc) is 3.10. The van der Waals surface area contributed by atoms with Crippen molar-refractivity contribution in [3.63, 3.8) is 0 Å². The van der Waals surface area contributed by atoms with Crippen LogP contribution in [0, 0.1) is 5.82 Å². The molecule has 0 aliphatic carbocycles. The summed E-state index contributed by atoms with van der Waals surface area (Å²) in [4.78, 5) is 28.1. The first-order valence-corrected chi connectivity index (χ1v) is 8.76. The second kappa shape index (κ2) is 8.57. The second-order valence-electron chi connectivity index (χ2n) is 6.24. The molecule has 0 atom stereocenters. The summed E-state index contributed by atoms with van der Waals surface area (Å²) in [6, 6.07) is 7.64. The van der Waals surface area contributed by atoms with Crippen molar-refractivity contribution >= 4 is 11.9 Å². The number of carbonyl (C=O) groups is 2. The van der Waals surface area contributed by atoms with Crippen LogP contribution in [0.4, 0.5) is 9.18 Å². The van der Waals surface area contributed by atoms with Crippen LogP contribution in [0.5, 0.6) is 5.75 Å². The Balaban J connectivity index is 1.52. The van der Waals surface area contributed by atoms with E-state index in [4.69, 9.17) is 9.15 Å². The van der Waals surface area contributed by atoms with Crippen molar-refractivity contribution in [1.29, 1.82) is 0 Å². The van der Waals surface area contributed by atoms with Crippen LogP contribution in [-0.2, 0) is 6.54 Å². The van der Waals surface area contributed by atoms with E-state index in [0.717, 1.165) is 0 Å². The smallest absolute Gasteiger partial charge is 0.317 e. The van der Waals surface area contributed by atoms with Gasteiger partial charge >= 0.3 is 6.03 Å². The first-order valence-electron chi connectivity index (χ1n) is 8.76. The van der Waals surface area contributed by atoms with E-state index < -0.39 is 5.82 Å². The van der Waals surface area contributed by atoms with Gasteiger partial charge in [0.05, 0.1) is 13.4 Å². The molecule has 27 heavy (non-hydrogen) atoms. The minimum absolute atomic E-state index is 0.166. The van der Waals surface area contributed by atoms with Crippen LogP contribution < -0.4 is 10.1 Å². The van der Waals surface area contributed by atoms with E-state index in [0.29, 0.717) is 43.9 Å². The fourth-order valence-electron chi connectivity index (χ4n) is 2.99. The summed E-state index contributed by atoms with van der Waals surface area (Å²) in [5.41, 5.74) is 0.645. The number of methoxy groups -OCH3 is 1. The van der Waals surface area contributed by atoms with E-state index in [1.54, 1.807) is 28.0 Å². The highest BCUT2D eigenvalue weighted by Crippen LogP contribution is 2.17. The van der Waals surface area contributed by atoms with Gasteiger partial charge in [-0.15, -0.1) is 0 Å². The largest absolute Gasteiger partial charge is 0.494 e. The zero-order valence-corrected chi connectivity index (χ0v) is 15.1. The van der Waals surface area contributed by atoms with Crippen molar-refractivity contribution in [3.05, 3.63) is 53.7 Å². The third-order valence-electron chi connectivity index (χ3n) is 4.46. The van der Waals surface area contributed by atoms with Gasteiger partial charge in [-0.2, -0.15) is 0 Å². The van der Waals surface area contributed by atoms with Gasteiger partial charge in [-0.1, -0.05) is 6.07 Å². The molecule has 3 amide bonds. The number of amides is 3. The standard InChI is InChI=1S/C19H22FN3O4/c1-26-16-6-5-14(12-15(16)20)13-21-19(25)23-8-3-7-22(9-10-23)18(24)17-4-2-11-27-17/h2,4-6,11-12H,3,7-10,13H2,1H3,(H,21,25). The lowest BCUT2D eigenvalue weighted by molar-refractivity contribution is 0.0730. The first-order chi connectivity index (χ1) is 13.1. The Morgan fingerprint density at radius 2 is 1.96 bits per heavy atom. The molecule has 0 unspecified atom stereocenters. The molecule has 8 heteroatoms. The highest BCUT2D eigenvalue weighted by atomic mass is 19.1. The predicted octanol–water partition coefficient (Wildman–Crippen LogP) is 2.49. The van der Waals surface area contributed by atoms with Gasteiger partial charge < -0.3 is 24.3 Å². The van der Waals surface area contributed by atoms with Crippen LogP contribution in [0.1, 0.15) is 22.5 Å². The van der Waals surface area contributed by atoms with Crippen LogP contribution in [0.3, 0.4) is 0 Å². The van der Waals surface area contributed by atoms with Gasteiger partial charge in [0, 0.05) is 32.7 Å². The van der Waals surface area contributed by atoms with E-state index in [1.807, 2.05) is 0 Å². The van der Waals surface area contributed by atoms with E-state index in [-0.39, 0.29) is 24.2 Å². The molecule has 1 aromatic heterocycles. The van der Waals surface area contributed by atoms with E-state index >= 15 is 0 Å². The van der Waals surface area contributed by atoms with Gasteiger partial charge in [0.25, 0.3) is 5.91 Å². The third-order valence-corrected chi connectivity index (χ3v) is 4.46. The molecule has 1 aliphatic heterocycles. The maximum absolute atomic E-state index is 13.7. The molecule has 1 aliphatic rings. The maximum atomic E-state index is 13.7. The van der Waals surface area contributed by atoms with Crippen molar-refractivity contribution in [2.24, 2.45) is 0 Å². The van der Waals surface area contributed by atoms with E-state index in [9.17, 15) is 14.0 Å². The minimum atomic E-state index is -0.467. The maximum Gasteiger partial charge on any atom is 0.317 e. The number of hydrogen-bond donors (Lipinski definition) is 1. The summed E-state index contributed by atoms with van der Waals surface area (Å²) >= 11 is 0. The molecule has 0 saturated carbocycles. The number of ether oxygens (including phenoxy) is 1. The minimum Gasteiger partial charge on any atom is -0.494 e. The van der Waals surface area contributed by atoms with Crippen molar-refractivity contribution in [2.75, 3.05) is 33.3 Å². The Bertz CT molecular complexity index is 794. The zero-order chi connectivity index (χ0) is 19.2. The fourth-order valence-corrected chi connectivity index (χ4v) is 2.99. The number of nitrogens with zero attached hydrogens (tertiary/aromatic N) is 2. The van der Waals surface area contributed by atoms with Crippen LogP contribution in [0.2, 0.25) is 0 Å². The number of furan rings is 1. The molecule has 2 aromatic rings. The summed E-state index contributed by atoms with van der Waals surface area (Å²) in [5.74, 6) is -0.171. The lowest BCUT2D eigenvalue weighted by atomic mass is 10.2. The van der Waals surface area contributed by atoms with Gasteiger partial charge in [-0.3, -0.25) is 4.79 Å². The van der Waals surface area contributed by atoms with Crippen molar-refractivity contribution in [1.82, 2.24) is 15.1 Å². The van der Waals surface area contributed by atoms with Crippen LogP contribution >= 0.6 is 0 Å². The molecule has 0 radical (unpaired) electrons. The zero-order valence-electron chi connectivity index (χ0n) is 15.1. The Morgan fingerprint density at radius 1 is 1.19 bits per heavy atom. The average molecular weight is 375 g/mol. The highest BCUT2D eigenvalue weighted by molar-refractivity contribution is 5.91. The monoisotopic (exact) mass is 375 g/mol. The Kier molecular flexibility index (Phi) is 5.95. The molecule has 144 valence electrons. The summed E-state index contributed by atoms with van der Waals surface area (Å²) in [6.07, 6.45) is 2.14. The highest BCUT2D eigenvalue weighted by Gasteiger charge is 2.24. The van der Waals surface area contributed by atoms with Gasteiger partial charge in [-0.05, 0) is 36.2 Å². The van der Waals surface area contributed by atoms with Crippen LogP contribution in [0.25, 0.3) is 0 Å². The molecular formula is C19H22FN3O4. The number of urea groups is 1. The summed E-state index contributed by atoms with van der Waals surface area (Å²) in [5, 5.41) is 2.79. The summed E-state index contributed by atoms with van der Waals surface area (Å²) in [6.45, 7) is 2.18. The van der Waals surface area contributed by atoms with Crippen molar-refractivity contribution < 1.29 is 23.1 Å². The van der Waals surface area contributed by atoms with Crippen molar-refractivity contribution in [2.45, 2.75) is 13.0 Å². The molecule has 7 nitrogen and oxygen atoms in total. The third kappa shape index (κ3) is 4.58. The Morgan fingerprint density at radius 3 is 2.67 bits per heavy atom. The Labute approximate surface area is 156 Å². The SMILES string of the molecule is COc1ccc(CNC(=O)N2CCCN(C(=O)c3ccco3)CC2)cc1F. The lowest BCUT2D eigenvalue weighted by Gasteiger charge is -2.22. The molecule has 1 saturated heterocycles. The molecule has 0 spiro atoms. The molecule has 1 aromatic carbocycles. The predicted molar refractivity (Wildman–Crippen MR) is 96.0 cm³/mol. The van der Waals surface area contributed by atoms with Crippen LogP contribution in [-0.4, -0.2) is 55.0 Å². The first kappa shape index (κ1) is 18.8. The lowest BCUT2D eigenvalue weighted by Crippen LogP contribution is -2.42. The number of halogens is 1. The number of hydrogen-bond acceptors (Lipinski definition) is 4.